The van der Waals surface area contributed by atoms with Crippen molar-refractivity contribution in [2.45, 2.75) is 25.9 Å². The smallest absolute Gasteiger partial charge is 0.237 e. The molecule has 4 heteroatoms. The Labute approximate surface area is 114 Å². The van der Waals surface area contributed by atoms with E-state index in [1.54, 1.807) is 13.2 Å². The molecule has 0 aromatic heterocycles. The Balaban J connectivity index is 2.65. The van der Waals surface area contributed by atoms with Crippen molar-refractivity contribution >= 4 is 5.91 Å². The zero-order valence-corrected chi connectivity index (χ0v) is 11.8. The molecule has 0 spiro atoms. The van der Waals surface area contributed by atoms with Gasteiger partial charge in [-0.2, -0.15) is 0 Å². The Morgan fingerprint density at radius 1 is 1.42 bits per heavy atom. The zero-order valence-electron chi connectivity index (χ0n) is 11.8. The summed E-state index contributed by atoms with van der Waals surface area (Å²) in [6, 6.07) is 7.54. The maximum Gasteiger partial charge on any atom is 0.237 e. The van der Waals surface area contributed by atoms with Crippen molar-refractivity contribution in [3.63, 3.8) is 0 Å². The maximum absolute atomic E-state index is 11.8. The van der Waals surface area contributed by atoms with E-state index in [4.69, 9.17) is 4.74 Å². The van der Waals surface area contributed by atoms with Crippen LogP contribution in [0.5, 0.6) is 5.75 Å². The number of methoxy groups -OCH3 is 1. The van der Waals surface area contributed by atoms with Gasteiger partial charge < -0.3 is 10.1 Å². The molecule has 0 bridgehead atoms. The number of hydrogen-bond donors (Lipinski definition) is 2. The molecule has 0 aliphatic rings. The van der Waals surface area contributed by atoms with Crippen LogP contribution in [0.25, 0.3) is 0 Å². The lowest BCUT2D eigenvalue weighted by atomic mass is 10.1. The Kier molecular flexibility index (Phi) is 6.09. The average molecular weight is 262 g/mol. The Morgan fingerprint density at radius 3 is 2.74 bits per heavy atom. The second-order valence-electron chi connectivity index (χ2n) is 4.39. The second-order valence-corrected chi connectivity index (χ2v) is 4.39. The Bertz CT molecular complexity index is 432. The van der Waals surface area contributed by atoms with Gasteiger partial charge in [0.2, 0.25) is 5.91 Å². The van der Waals surface area contributed by atoms with Crippen LogP contribution in [-0.2, 0) is 4.79 Å². The molecule has 0 fully saturated rings. The zero-order chi connectivity index (χ0) is 14.3. The predicted molar refractivity (Wildman–Crippen MR) is 77.2 cm³/mol. The van der Waals surface area contributed by atoms with Crippen molar-refractivity contribution in [1.82, 2.24) is 10.6 Å². The van der Waals surface area contributed by atoms with Gasteiger partial charge >= 0.3 is 0 Å². The number of carbonyl (C=O) groups excluding carboxylic acids is 1. The first kappa shape index (κ1) is 15.2. The first-order valence-electron chi connectivity index (χ1n) is 6.37. The molecular formula is C15H22N2O2. The molecule has 1 aromatic rings. The number of para-hydroxylation sites is 1. The van der Waals surface area contributed by atoms with E-state index in [9.17, 15) is 4.79 Å². The van der Waals surface area contributed by atoms with Gasteiger partial charge in [0.25, 0.3) is 0 Å². The van der Waals surface area contributed by atoms with Crippen LogP contribution < -0.4 is 15.4 Å². The van der Waals surface area contributed by atoms with Crippen LogP contribution in [0.3, 0.4) is 0 Å². The SMILES string of the molecule is C=CCNC(=O)C(C)N[C@H](C)c1ccccc1OC. The van der Waals surface area contributed by atoms with E-state index in [1.807, 2.05) is 38.1 Å². The molecule has 0 heterocycles. The number of carbonyl (C=O) groups is 1. The first-order chi connectivity index (χ1) is 9.10. The molecule has 104 valence electrons. The molecule has 2 atom stereocenters. The van der Waals surface area contributed by atoms with Gasteiger partial charge in [-0.05, 0) is 19.9 Å². The van der Waals surface area contributed by atoms with Crippen molar-refractivity contribution in [2.75, 3.05) is 13.7 Å². The highest BCUT2D eigenvalue weighted by molar-refractivity contribution is 5.81. The highest BCUT2D eigenvalue weighted by Crippen LogP contribution is 2.24. The van der Waals surface area contributed by atoms with Gasteiger partial charge in [0.15, 0.2) is 0 Å². The van der Waals surface area contributed by atoms with E-state index < -0.39 is 0 Å². The molecule has 0 aliphatic heterocycles. The molecule has 1 unspecified atom stereocenters. The standard InChI is InChI=1S/C15H22N2O2/c1-5-10-16-15(18)12(3)17-11(2)13-8-6-7-9-14(13)19-4/h5-9,11-12,17H,1,10H2,2-4H3,(H,16,18)/t11-,12?/m1/s1. The number of nitrogens with one attached hydrogen (secondary N) is 2. The van der Waals surface area contributed by atoms with Crippen molar-refractivity contribution in [3.05, 3.63) is 42.5 Å². The lowest BCUT2D eigenvalue weighted by Crippen LogP contribution is -2.43. The number of ether oxygens (including phenoxy) is 1. The number of hydrogen-bond acceptors (Lipinski definition) is 3. The van der Waals surface area contributed by atoms with Crippen LogP contribution >= 0.6 is 0 Å². The average Bonchev–Trinajstić information content (AvgIpc) is 2.44. The minimum atomic E-state index is -0.278. The van der Waals surface area contributed by atoms with Crippen LogP contribution in [0.15, 0.2) is 36.9 Å². The molecule has 1 amide bonds. The summed E-state index contributed by atoms with van der Waals surface area (Å²) < 4.78 is 5.32. The van der Waals surface area contributed by atoms with E-state index in [-0.39, 0.29) is 18.0 Å². The lowest BCUT2D eigenvalue weighted by Gasteiger charge is -2.21. The highest BCUT2D eigenvalue weighted by atomic mass is 16.5. The van der Waals surface area contributed by atoms with E-state index >= 15 is 0 Å². The summed E-state index contributed by atoms with van der Waals surface area (Å²) in [4.78, 5) is 11.8. The van der Waals surface area contributed by atoms with Gasteiger partial charge in [0.05, 0.1) is 13.2 Å². The van der Waals surface area contributed by atoms with Gasteiger partial charge in [0.1, 0.15) is 5.75 Å². The summed E-state index contributed by atoms with van der Waals surface area (Å²) >= 11 is 0. The van der Waals surface area contributed by atoms with Crippen LogP contribution in [0.2, 0.25) is 0 Å². The fraction of sp³-hybridized carbons (Fsp3) is 0.400. The monoisotopic (exact) mass is 262 g/mol. The van der Waals surface area contributed by atoms with Crippen LogP contribution in [0.1, 0.15) is 25.5 Å². The van der Waals surface area contributed by atoms with Crippen molar-refractivity contribution in [1.29, 1.82) is 0 Å². The fourth-order valence-electron chi connectivity index (χ4n) is 1.89. The third-order valence-electron chi connectivity index (χ3n) is 2.92. The highest BCUT2D eigenvalue weighted by Gasteiger charge is 2.17. The third kappa shape index (κ3) is 4.41. The molecule has 2 N–H and O–H groups in total. The largest absolute Gasteiger partial charge is 0.496 e. The van der Waals surface area contributed by atoms with Gasteiger partial charge in [-0.3, -0.25) is 10.1 Å². The third-order valence-corrected chi connectivity index (χ3v) is 2.92. The molecule has 19 heavy (non-hydrogen) atoms. The van der Waals surface area contributed by atoms with Gasteiger partial charge in [-0.25, -0.2) is 0 Å². The summed E-state index contributed by atoms with van der Waals surface area (Å²) in [6.07, 6.45) is 1.66. The number of rotatable bonds is 7. The topological polar surface area (TPSA) is 50.4 Å². The summed E-state index contributed by atoms with van der Waals surface area (Å²) in [5.74, 6) is 0.780. The minimum absolute atomic E-state index is 0.0284. The molecule has 1 aromatic carbocycles. The molecular weight excluding hydrogens is 240 g/mol. The van der Waals surface area contributed by atoms with Crippen molar-refractivity contribution in [3.8, 4) is 5.75 Å². The summed E-state index contributed by atoms with van der Waals surface area (Å²) in [6.45, 7) is 7.90. The van der Waals surface area contributed by atoms with Crippen molar-refractivity contribution < 1.29 is 9.53 Å². The van der Waals surface area contributed by atoms with Crippen molar-refractivity contribution in [2.24, 2.45) is 0 Å². The van der Waals surface area contributed by atoms with E-state index in [2.05, 4.69) is 17.2 Å². The lowest BCUT2D eigenvalue weighted by molar-refractivity contribution is -0.122. The van der Waals surface area contributed by atoms with Crippen LogP contribution in [-0.4, -0.2) is 25.6 Å². The van der Waals surface area contributed by atoms with Gasteiger partial charge in [-0.15, -0.1) is 6.58 Å². The quantitative estimate of drug-likeness (QED) is 0.739. The first-order valence-corrected chi connectivity index (χ1v) is 6.37. The second kappa shape index (κ2) is 7.59. The summed E-state index contributed by atoms with van der Waals surface area (Å²) in [7, 11) is 1.64. The molecule has 0 radical (unpaired) electrons. The van der Waals surface area contributed by atoms with E-state index in [0.717, 1.165) is 11.3 Å². The minimum Gasteiger partial charge on any atom is -0.496 e. The van der Waals surface area contributed by atoms with E-state index in [0.29, 0.717) is 6.54 Å². The molecule has 0 saturated heterocycles. The summed E-state index contributed by atoms with van der Waals surface area (Å²) in [5, 5.41) is 6.02. The molecule has 1 rings (SSSR count). The summed E-state index contributed by atoms with van der Waals surface area (Å²) in [5.41, 5.74) is 1.04. The Morgan fingerprint density at radius 2 is 2.11 bits per heavy atom. The molecule has 0 aliphatic carbocycles. The molecule has 0 saturated carbocycles. The van der Waals surface area contributed by atoms with Gasteiger partial charge in [-0.1, -0.05) is 24.3 Å². The maximum atomic E-state index is 11.8. The fourth-order valence-corrected chi connectivity index (χ4v) is 1.89. The number of benzene rings is 1. The van der Waals surface area contributed by atoms with Crippen LogP contribution in [0.4, 0.5) is 0 Å². The van der Waals surface area contributed by atoms with Crippen LogP contribution in [0, 0.1) is 0 Å². The predicted octanol–water partition coefficient (Wildman–Crippen LogP) is 2.04. The Hall–Kier alpha value is -1.81. The van der Waals surface area contributed by atoms with Gasteiger partial charge in [0, 0.05) is 18.2 Å². The molecule has 4 nitrogen and oxygen atoms in total. The van der Waals surface area contributed by atoms with E-state index in [1.165, 1.54) is 0 Å². The number of amides is 1. The normalized spacial score (nSPS) is 13.4.